The standard InChI is InChI=1S/C15H23ClN2O3/c1-5-18(6-2)8-7-17-15(19)11-9-12(16)14(21-4)13(10-11)20-3/h9-10H,5-8H2,1-4H3,(H,17,19). The number of likely N-dealkylation sites (N-methyl/N-ethyl adjacent to an activating group) is 1. The van der Waals surface area contributed by atoms with Gasteiger partial charge in [-0.2, -0.15) is 0 Å². The summed E-state index contributed by atoms with van der Waals surface area (Å²) in [4.78, 5) is 14.4. The maximum absolute atomic E-state index is 12.1. The molecule has 0 aliphatic rings. The number of benzene rings is 1. The molecular weight excluding hydrogens is 292 g/mol. The van der Waals surface area contributed by atoms with Gasteiger partial charge in [-0.1, -0.05) is 25.4 Å². The number of carbonyl (C=O) groups is 1. The molecule has 118 valence electrons. The van der Waals surface area contributed by atoms with Crippen LogP contribution in [0.5, 0.6) is 11.5 Å². The quantitative estimate of drug-likeness (QED) is 0.800. The summed E-state index contributed by atoms with van der Waals surface area (Å²) in [5.74, 6) is 0.697. The van der Waals surface area contributed by atoms with E-state index >= 15 is 0 Å². The predicted octanol–water partition coefficient (Wildman–Crippen LogP) is 2.43. The third-order valence-electron chi connectivity index (χ3n) is 3.30. The Labute approximate surface area is 131 Å². The molecule has 1 N–H and O–H groups in total. The molecule has 0 heterocycles. The number of rotatable bonds is 8. The Morgan fingerprint density at radius 2 is 1.90 bits per heavy atom. The molecule has 0 unspecified atom stereocenters. The van der Waals surface area contributed by atoms with Crippen molar-refractivity contribution in [3.63, 3.8) is 0 Å². The average molecular weight is 315 g/mol. The predicted molar refractivity (Wildman–Crippen MR) is 84.7 cm³/mol. The lowest BCUT2D eigenvalue weighted by Gasteiger charge is -2.18. The van der Waals surface area contributed by atoms with Crippen LogP contribution in [0.4, 0.5) is 0 Å². The first kappa shape index (κ1) is 17.6. The molecule has 0 aliphatic heterocycles. The Kier molecular flexibility index (Phi) is 7.32. The second-order valence-corrected chi connectivity index (χ2v) is 4.88. The molecule has 6 heteroatoms. The molecule has 0 atom stereocenters. The zero-order valence-corrected chi connectivity index (χ0v) is 13.8. The van der Waals surface area contributed by atoms with E-state index in [1.54, 1.807) is 12.1 Å². The van der Waals surface area contributed by atoms with E-state index in [9.17, 15) is 4.79 Å². The Hall–Kier alpha value is -1.46. The molecule has 1 aromatic rings. The van der Waals surface area contributed by atoms with Gasteiger partial charge in [0.05, 0.1) is 19.2 Å². The van der Waals surface area contributed by atoms with Crippen molar-refractivity contribution >= 4 is 17.5 Å². The molecule has 0 aliphatic carbocycles. The van der Waals surface area contributed by atoms with Gasteiger partial charge < -0.3 is 19.7 Å². The van der Waals surface area contributed by atoms with Crippen LogP contribution in [0.2, 0.25) is 5.02 Å². The van der Waals surface area contributed by atoms with Crippen LogP contribution in [0.3, 0.4) is 0 Å². The fourth-order valence-corrected chi connectivity index (χ4v) is 2.31. The molecule has 1 rings (SSSR count). The molecule has 21 heavy (non-hydrogen) atoms. The van der Waals surface area contributed by atoms with E-state index in [4.69, 9.17) is 21.1 Å². The van der Waals surface area contributed by atoms with Crippen LogP contribution in [0.15, 0.2) is 12.1 Å². The third kappa shape index (κ3) is 4.79. The monoisotopic (exact) mass is 314 g/mol. The van der Waals surface area contributed by atoms with Crippen molar-refractivity contribution in [1.29, 1.82) is 0 Å². The number of carbonyl (C=O) groups excluding carboxylic acids is 1. The van der Waals surface area contributed by atoms with Gasteiger partial charge in [0.2, 0.25) is 0 Å². The van der Waals surface area contributed by atoms with Gasteiger partial charge in [-0.25, -0.2) is 0 Å². The minimum Gasteiger partial charge on any atom is -0.493 e. The fraction of sp³-hybridized carbons (Fsp3) is 0.533. The van der Waals surface area contributed by atoms with Gasteiger partial charge in [-0.05, 0) is 25.2 Å². The maximum Gasteiger partial charge on any atom is 0.251 e. The first-order valence-corrected chi connectivity index (χ1v) is 7.37. The molecule has 0 spiro atoms. The molecule has 0 radical (unpaired) electrons. The summed E-state index contributed by atoms with van der Waals surface area (Å²) < 4.78 is 10.3. The topological polar surface area (TPSA) is 50.8 Å². The van der Waals surface area contributed by atoms with Crippen molar-refractivity contribution in [2.75, 3.05) is 40.4 Å². The van der Waals surface area contributed by atoms with E-state index in [1.165, 1.54) is 14.2 Å². The lowest BCUT2D eigenvalue weighted by molar-refractivity contribution is 0.0948. The fourth-order valence-electron chi connectivity index (χ4n) is 2.02. The zero-order chi connectivity index (χ0) is 15.8. The van der Waals surface area contributed by atoms with Crippen LogP contribution in [-0.4, -0.2) is 51.2 Å². The highest BCUT2D eigenvalue weighted by Gasteiger charge is 2.15. The Morgan fingerprint density at radius 3 is 2.43 bits per heavy atom. The van der Waals surface area contributed by atoms with E-state index in [0.717, 1.165) is 19.6 Å². The van der Waals surface area contributed by atoms with E-state index in [1.807, 2.05) is 0 Å². The zero-order valence-electron chi connectivity index (χ0n) is 13.0. The Balaban J connectivity index is 2.72. The third-order valence-corrected chi connectivity index (χ3v) is 3.58. The van der Waals surface area contributed by atoms with Gasteiger partial charge >= 0.3 is 0 Å². The van der Waals surface area contributed by atoms with E-state index in [0.29, 0.717) is 28.6 Å². The number of amides is 1. The summed E-state index contributed by atoms with van der Waals surface area (Å²) in [6.07, 6.45) is 0. The molecule has 0 saturated heterocycles. The maximum atomic E-state index is 12.1. The SMILES string of the molecule is CCN(CC)CCNC(=O)c1cc(Cl)c(OC)c(OC)c1. The van der Waals surface area contributed by atoms with Crippen molar-refractivity contribution in [3.05, 3.63) is 22.7 Å². The first-order valence-electron chi connectivity index (χ1n) is 6.99. The van der Waals surface area contributed by atoms with Crippen LogP contribution in [-0.2, 0) is 0 Å². The number of hydrogen-bond donors (Lipinski definition) is 1. The smallest absolute Gasteiger partial charge is 0.251 e. The van der Waals surface area contributed by atoms with Gasteiger partial charge in [0, 0.05) is 18.7 Å². The van der Waals surface area contributed by atoms with Crippen molar-refractivity contribution in [3.8, 4) is 11.5 Å². The molecule has 0 saturated carbocycles. The largest absolute Gasteiger partial charge is 0.493 e. The Morgan fingerprint density at radius 1 is 1.24 bits per heavy atom. The number of nitrogens with zero attached hydrogens (tertiary/aromatic N) is 1. The lowest BCUT2D eigenvalue weighted by atomic mass is 10.2. The van der Waals surface area contributed by atoms with Crippen molar-refractivity contribution in [2.24, 2.45) is 0 Å². The van der Waals surface area contributed by atoms with Gasteiger partial charge in [-0.15, -0.1) is 0 Å². The highest BCUT2D eigenvalue weighted by atomic mass is 35.5. The van der Waals surface area contributed by atoms with Crippen LogP contribution in [0, 0.1) is 0 Å². The minimum absolute atomic E-state index is 0.176. The van der Waals surface area contributed by atoms with Crippen LogP contribution in [0.25, 0.3) is 0 Å². The average Bonchev–Trinajstić information content (AvgIpc) is 2.50. The van der Waals surface area contributed by atoms with E-state index in [-0.39, 0.29) is 5.91 Å². The van der Waals surface area contributed by atoms with Gasteiger partial charge in [0.1, 0.15) is 0 Å². The number of methoxy groups -OCH3 is 2. The lowest BCUT2D eigenvalue weighted by Crippen LogP contribution is -2.34. The molecule has 1 aromatic carbocycles. The molecule has 5 nitrogen and oxygen atoms in total. The summed E-state index contributed by atoms with van der Waals surface area (Å²) in [7, 11) is 3.02. The van der Waals surface area contributed by atoms with Crippen LogP contribution in [0.1, 0.15) is 24.2 Å². The summed E-state index contributed by atoms with van der Waals surface area (Å²) in [6, 6.07) is 3.20. The highest BCUT2D eigenvalue weighted by molar-refractivity contribution is 6.32. The highest BCUT2D eigenvalue weighted by Crippen LogP contribution is 2.35. The van der Waals surface area contributed by atoms with E-state index < -0.39 is 0 Å². The van der Waals surface area contributed by atoms with Crippen molar-refractivity contribution < 1.29 is 14.3 Å². The minimum atomic E-state index is -0.176. The van der Waals surface area contributed by atoms with Gasteiger partial charge in [-0.3, -0.25) is 4.79 Å². The van der Waals surface area contributed by atoms with E-state index in [2.05, 4.69) is 24.1 Å². The molecule has 0 bridgehead atoms. The number of ether oxygens (including phenoxy) is 2. The van der Waals surface area contributed by atoms with Crippen molar-refractivity contribution in [1.82, 2.24) is 10.2 Å². The number of hydrogen-bond acceptors (Lipinski definition) is 4. The summed E-state index contributed by atoms with van der Waals surface area (Å²) in [6.45, 7) is 7.54. The molecular formula is C15H23ClN2O3. The van der Waals surface area contributed by atoms with Crippen LogP contribution < -0.4 is 14.8 Å². The molecule has 0 aromatic heterocycles. The van der Waals surface area contributed by atoms with Gasteiger partial charge in [0.25, 0.3) is 5.91 Å². The van der Waals surface area contributed by atoms with Crippen LogP contribution >= 0.6 is 11.6 Å². The molecule has 1 amide bonds. The first-order chi connectivity index (χ1) is 10.1. The molecule has 0 fully saturated rings. The summed E-state index contributed by atoms with van der Waals surface area (Å²) >= 11 is 6.09. The van der Waals surface area contributed by atoms with Gasteiger partial charge in [0.15, 0.2) is 11.5 Å². The Bertz CT molecular complexity index is 476. The second-order valence-electron chi connectivity index (χ2n) is 4.48. The summed E-state index contributed by atoms with van der Waals surface area (Å²) in [5, 5.41) is 3.23. The number of halogens is 1. The second kappa shape index (κ2) is 8.74. The van der Waals surface area contributed by atoms with Crippen molar-refractivity contribution in [2.45, 2.75) is 13.8 Å². The summed E-state index contributed by atoms with van der Waals surface area (Å²) in [5.41, 5.74) is 0.456. The number of nitrogens with one attached hydrogen (secondary N) is 1. The normalized spacial score (nSPS) is 10.6.